The second-order valence-corrected chi connectivity index (χ2v) is 6.26. The van der Waals surface area contributed by atoms with Crippen LogP contribution in [0.1, 0.15) is 25.7 Å². The van der Waals surface area contributed by atoms with E-state index in [9.17, 15) is 0 Å². The molecule has 0 atom stereocenters. The lowest BCUT2D eigenvalue weighted by Crippen LogP contribution is -2.12. The van der Waals surface area contributed by atoms with Crippen molar-refractivity contribution in [1.29, 1.82) is 0 Å². The van der Waals surface area contributed by atoms with Gasteiger partial charge in [-0.25, -0.2) is 0 Å². The fraction of sp³-hybridized carbons (Fsp3) is 1.00. The van der Waals surface area contributed by atoms with E-state index in [-0.39, 0.29) is 24.5 Å². The van der Waals surface area contributed by atoms with Crippen LogP contribution in [0.3, 0.4) is 0 Å². The van der Waals surface area contributed by atoms with Crippen LogP contribution in [0, 0.1) is 0 Å². The highest BCUT2D eigenvalue weighted by molar-refractivity contribution is 9.23. The van der Waals surface area contributed by atoms with Crippen LogP contribution in [0.15, 0.2) is 0 Å². The van der Waals surface area contributed by atoms with Crippen LogP contribution in [-0.4, -0.2) is 38.7 Å². The Bertz CT molecular complexity index is 89.1. The second kappa shape index (κ2) is 10.2. The Morgan fingerprint density at radius 2 is 1.83 bits per heavy atom. The average Bonchev–Trinajstić information content (AvgIpc) is 2.11. The maximum Gasteiger partial charge on any atom is 0.468 e. The monoisotopic (exact) mass is 248 g/mol. The van der Waals surface area contributed by atoms with Crippen LogP contribution in [0.5, 0.6) is 0 Å². The number of rotatable bonds is 8. The molecule has 4 heteroatoms. The third-order valence-electron chi connectivity index (χ3n) is 1.85. The Morgan fingerprint density at radius 1 is 1.17 bits per heavy atom. The SMILES string of the molecule is COC(CCCC[CH2][Mg][Br])OC. The van der Waals surface area contributed by atoms with Gasteiger partial charge in [-0.05, 0) is 12.8 Å². The highest BCUT2D eigenvalue weighted by Crippen LogP contribution is 2.08. The maximum absolute atomic E-state index is 5.08. The predicted molar refractivity (Wildman–Crippen MR) is 55.8 cm³/mol. The molecule has 0 spiro atoms. The highest BCUT2D eigenvalue weighted by Gasteiger charge is 2.03. The summed E-state index contributed by atoms with van der Waals surface area (Å²) in [6, 6.07) is 0. The van der Waals surface area contributed by atoms with Gasteiger partial charge in [0, 0.05) is 14.2 Å². The lowest BCUT2D eigenvalue weighted by molar-refractivity contribution is -0.107. The smallest absolute Gasteiger partial charge is 0.356 e. The Hall–Kier alpha value is 1.17. The molecule has 0 amide bonds. The van der Waals surface area contributed by atoms with E-state index >= 15 is 0 Å². The van der Waals surface area contributed by atoms with E-state index in [4.69, 9.17) is 9.47 Å². The molecule has 0 aliphatic rings. The maximum atomic E-state index is 5.08. The van der Waals surface area contributed by atoms with Crippen molar-refractivity contribution in [3.8, 4) is 0 Å². The van der Waals surface area contributed by atoms with Gasteiger partial charge in [0.15, 0.2) is 6.29 Å². The molecule has 0 radical (unpaired) electrons. The summed E-state index contributed by atoms with van der Waals surface area (Å²) in [4.78, 5) is 0. The fourth-order valence-corrected chi connectivity index (χ4v) is 2.82. The quantitative estimate of drug-likeness (QED) is 0.374. The summed E-state index contributed by atoms with van der Waals surface area (Å²) in [6.07, 6.45) is 4.91. The van der Waals surface area contributed by atoms with E-state index in [2.05, 4.69) is 12.9 Å². The molecular formula is C8H17BrMgO2. The van der Waals surface area contributed by atoms with Gasteiger partial charge in [0.1, 0.15) is 0 Å². The third-order valence-corrected chi connectivity index (χ3v) is 4.30. The van der Waals surface area contributed by atoms with Gasteiger partial charge in [0.25, 0.3) is 0 Å². The number of hydrogen-bond acceptors (Lipinski definition) is 2. The molecule has 0 unspecified atom stereocenters. The van der Waals surface area contributed by atoms with Crippen LogP contribution in [0.4, 0.5) is 0 Å². The first-order chi connectivity index (χ1) is 5.85. The van der Waals surface area contributed by atoms with Gasteiger partial charge in [0.2, 0.25) is 0 Å². The Labute approximate surface area is 91.0 Å². The molecular weight excluding hydrogens is 232 g/mol. The summed E-state index contributed by atoms with van der Waals surface area (Å²) in [5.41, 5.74) is 0. The van der Waals surface area contributed by atoms with Crippen LogP contribution in [-0.2, 0) is 9.47 Å². The molecule has 12 heavy (non-hydrogen) atoms. The summed E-state index contributed by atoms with van der Waals surface area (Å²) < 4.78 is 11.6. The minimum absolute atomic E-state index is 0.00575. The van der Waals surface area contributed by atoms with Gasteiger partial charge in [-0.15, -0.1) is 4.55 Å². The normalized spacial score (nSPS) is 10.3. The molecule has 0 rings (SSSR count). The summed E-state index contributed by atoms with van der Waals surface area (Å²) >= 11 is 3.65. The standard InChI is InChI=1S/C8H17O2.BrH.Mg/c1-4-5-6-7-8(9-2)10-3;;/h8H,1,4-7H2,2-3H3;1H;/q;;+1/p-1. The van der Waals surface area contributed by atoms with Crippen molar-refractivity contribution < 1.29 is 9.47 Å². The zero-order valence-electron chi connectivity index (χ0n) is 8.01. The number of unbranched alkanes of at least 4 members (excludes halogenated alkanes) is 2. The van der Waals surface area contributed by atoms with E-state index in [0.29, 0.717) is 0 Å². The summed E-state index contributed by atoms with van der Waals surface area (Å²) in [5.74, 6) is 0. The lowest BCUT2D eigenvalue weighted by atomic mass is 10.2. The molecule has 0 aliphatic heterocycles. The summed E-state index contributed by atoms with van der Waals surface area (Å²) in [7, 11) is 3.39. The topological polar surface area (TPSA) is 18.5 Å². The molecule has 0 N–H and O–H groups in total. The van der Waals surface area contributed by atoms with E-state index in [0.717, 1.165) is 6.42 Å². The average molecular weight is 249 g/mol. The number of ether oxygens (including phenoxy) is 2. The zero-order chi connectivity index (χ0) is 9.23. The van der Waals surface area contributed by atoms with Crippen molar-refractivity contribution in [3.63, 3.8) is 0 Å². The fourth-order valence-electron chi connectivity index (χ4n) is 1.09. The van der Waals surface area contributed by atoms with Crippen molar-refractivity contribution in [3.05, 3.63) is 0 Å². The summed E-state index contributed by atoms with van der Waals surface area (Å²) in [6.45, 7) is 0. The first-order valence-corrected chi connectivity index (χ1v) is 9.36. The van der Waals surface area contributed by atoms with Gasteiger partial charge >= 0.3 is 18.2 Å². The first-order valence-electron chi connectivity index (χ1n) is 4.46. The molecule has 0 saturated carbocycles. The van der Waals surface area contributed by atoms with Crippen LogP contribution >= 0.6 is 12.9 Å². The largest absolute Gasteiger partial charge is 0.468 e. The second-order valence-electron chi connectivity index (χ2n) is 2.79. The molecule has 0 bridgehead atoms. The minimum Gasteiger partial charge on any atom is -0.356 e. The molecule has 0 saturated heterocycles. The lowest BCUT2D eigenvalue weighted by Gasteiger charge is -2.12. The number of halogens is 1. The van der Waals surface area contributed by atoms with Gasteiger partial charge in [-0.3, -0.25) is 0 Å². The molecule has 2 nitrogen and oxygen atoms in total. The molecule has 0 aromatic rings. The van der Waals surface area contributed by atoms with Crippen molar-refractivity contribution >= 4 is 31.1 Å². The van der Waals surface area contributed by atoms with Gasteiger partial charge in [0.05, 0.1) is 0 Å². The van der Waals surface area contributed by atoms with Crippen molar-refractivity contribution in [1.82, 2.24) is 0 Å². The van der Waals surface area contributed by atoms with Crippen molar-refractivity contribution in [2.75, 3.05) is 14.2 Å². The minimum atomic E-state index is 0.00575. The van der Waals surface area contributed by atoms with Gasteiger partial charge in [-0.1, -0.05) is 12.8 Å². The number of methoxy groups -OCH3 is 2. The van der Waals surface area contributed by atoms with Crippen LogP contribution in [0.2, 0.25) is 4.55 Å². The van der Waals surface area contributed by atoms with Crippen LogP contribution < -0.4 is 0 Å². The highest BCUT2D eigenvalue weighted by atomic mass is 79.9. The van der Waals surface area contributed by atoms with Crippen LogP contribution in [0.25, 0.3) is 0 Å². The third kappa shape index (κ3) is 7.80. The van der Waals surface area contributed by atoms with Crippen molar-refractivity contribution in [2.45, 2.75) is 36.5 Å². The predicted octanol–water partition coefficient (Wildman–Crippen LogP) is 2.60. The zero-order valence-corrected chi connectivity index (χ0v) is 11.0. The van der Waals surface area contributed by atoms with E-state index in [1.54, 1.807) is 14.2 Å². The molecule has 70 valence electrons. The Morgan fingerprint density at radius 3 is 2.33 bits per heavy atom. The summed E-state index contributed by atoms with van der Waals surface area (Å²) in [5, 5.41) is 0. The molecule has 0 aromatic carbocycles. The van der Waals surface area contributed by atoms with Gasteiger partial charge < -0.3 is 22.4 Å². The van der Waals surface area contributed by atoms with E-state index in [1.807, 2.05) is 0 Å². The molecule has 0 aromatic heterocycles. The molecule has 0 fully saturated rings. The number of hydrogen-bond donors (Lipinski definition) is 0. The van der Waals surface area contributed by atoms with Gasteiger partial charge in [-0.2, -0.15) is 0 Å². The Kier molecular flexibility index (Phi) is 11.2. The van der Waals surface area contributed by atoms with Crippen molar-refractivity contribution in [2.24, 2.45) is 0 Å². The Balaban J connectivity index is 3.06. The first kappa shape index (κ1) is 13.2. The molecule has 0 aliphatic carbocycles. The molecule has 0 heterocycles. The van der Waals surface area contributed by atoms with E-state index in [1.165, 1.54) is 23.8 Å². The van der Waals surface area contributed by atoms with E-state index < -0.39 is 0 Å².